The average molecular weight is 1220 g/mol. The largest absolute Gasteiger partial charge is 0.472 e. The van der Waals surface area contributed by atoms with Crippen molar-refractivity contribution in [2.75, 3.05) is 39.6 Å². The monoisotopic (exact) mass is 1220 g/mol. The fourth-order valence-electron chi connectivity index (χ4n) is 8.96. The molecule has 0 aliphatic heterocycles. The number of carbonyl (C=O) groups is 4. The number of phosphoric acid groups is 2. The molecule has 0 heterocycles. The van der Waals surface area contributed by atoms with E-state index in [1.54, 1.807) is 0 Å². The molecule has 0 fully saturated rings. The van der Waals surface area contributed by atoms with Gasteiger partial charge in [0.2, 0.25) is 0 Å². The maximum absolute atomic E-state index is 13.0. The predicted octanol–water partition coefficient (Wildman–Crippen LogP) is 17.2. The van der Waals surface area contributed by atoms with Gasteiger partial charge in [-0.05, 0) is 63.2 Å². The Morgan fingerprint density at radius 2 is 0.711 bits per heavy atom. The third-order valence-electron chi connectivity index (χ3n) is 14.4. The van der Waals surface area contributed by atoms with Gasteiger partial charge < -0.3 is 33.8 Å². The van der Waals surface area contributed by atoms with Crippen LogP contribution in [0.25, 0.3) is 0 Å². The Hall–Kier alpha value is -2.46. The maximum Gasteiger partial charge on any atom is 0.472 e. The van der Waals surface area contributed by atoms with E-state index in [2.05, 4.69) is 65.8 Å². The van der Waals surface area contributed by atoms with Crippen molar-refractivity contribution in [2.24, 2.45) is 11.8 Å². The van der Waals surface area contributed by atoms with Gasteiger partial charge in [-0.3, -0.25) is 37.3 Å². The standard InChI is InChI=1S/C64H120O17P2/c1-7-10-12-14-16-17-18-19-20-21-22-23-29-36-42-48-63(68)80-59(53-75-62(67)47-41-35-28-25-24-27-32-38-44-56(4)5)54-78-82(70,71)76-50-58(65)51-77-83(72,73)79-55-60(52-74-61(66)46-40-34-26-15-13-11-8-2)81-64(69)49-43-37-31-30-33-39-45-57(6)9-3/h17-20,56-60,65H,7-16,21-55H2,1-6H3,(H,70,71)(H,72,73)/b18-17-,20-19-/t57?,58-,59-,60-/m1/s1. The van der Waals surface area contributed by atoms with Gasteiger partial charge in [0.05, 0.1) is 26.4 Å². The van der Waals surface area contributed by atoms with Gasteiger partial charge in [-0.1, -0.05) is 239 Å². The van der Waals surface area contributed by atoms with Crippen LogP contribution in [0.1, 0.15) is 292 Å². The third-order valence-corrected chi connectivity index (χ3v) is 16.3. The number of hydrogen-bond donors (Lipinski definition) is 3. The summed E-state index contributed by atoms with van der Waals surface area (Å²) in [7, 11) is -9.90. The average Bonchev–Trinajstić information content (AvgIpc) is 3.47. The molecular formula is C64H120O17P2. The lowest BCUT2D eigenvalue weighted by Crippen LogP contribution is -2.30. The number of hydrogen-bond acceptors (Lipinski definition) is 15. The molecule has 0 aromatic rings. The van der Waals surface area contributed by atoms with Crippen LogP contribution in [0.15, 0.2) is 24.3 Å². The molecule has 83 heavy (non-hydrogen) atoms. The van der Waals surface area contributed by atoms with Gasteiger partial charge in [0.15, 0.2) is 12.2 Å². The first kappa shape index (κ1) is 80.5. The van der Waals surface area contributed by atoms with Crippen LogP contribution in [0.2, 0.25) is 0 Å². The molecule has 17 nitrogen and oxygen atoms in total. The Labute approximate surface area is 503 Å². The minimum atomic E-state index is -4.95. The Morgan fingerprint density at radius 3 is 1.08 bits per heavy atom. The zero-order valence-electron chi connectivity index (χ0n) is 53.0. The van der Waals surface area contributed by atoms with Gasteiger partial charge in [0.25, 0.3) is 0 Å². The van der Waals surface area contributed by atoms with Crippen LogP contribution in [0, 0.1) is 11.8 Å². The molecule has 6 atom stereocenters. The molecule has 488 valence electrons. The number of unbranched alkanes of at least 4 members (excludes halogenated alkanes) is 27. The molecular weight excluding hydrogens is 1100 g/mol. The van der Waals surface area contributed by atoms with Gasteiger partial charge in [0.1, 0.15) is 19.3 Å². The molecule has 0 saturated heterocycles. The van der Waals surface area contributed by atoms with Crippen molar-refractivity contribution in [3.05, 3.63) is 24.3 Å². The Kier molecular flexibility index (Phi) is 54.4. The summed E-state index contributed by atoms with van der Waals surface area (Å²) in [5.41, 5.74) is 0. The molecule has 0 aliphatic carbocycles. The number of carbonyl (C=O) groups excluding carboxylic acids is 4. The maximum atomic E-state index is 13.0. The second-order valence-corrected chi connectivity index (χ2v) is 26.1. The van der Waals surface area contributed by atoms with Crippen LogP contribution in [0.4, 0.5) is 0 Å². The van der Waals surface area contributed by atoms with Crippen molar-refractivity contribution in [1.29, 1.82) is 0 Å². The number of allylic oxidation sites excluding steroid dienone is 4. The number of ether oxygens (including phenoxy) is 4. The van der Waals surface area contributed by atoms with Crippen molar-refractivity contribution in [3.8, 4) is 0 Å². The topological polar surface area (TPSA) is 237 Å². The Balaban J connectivity index is 5.26. The lowest BCUT2D eigenvalue weighted by Gasteiger charge is -2.21. The van der Waals surface area contributed by atoms with Crippen molar-refractivity contribution in [3.63, 3.8) is 0 Å². The molecule has 0 aromatic heterocycles. The molecule has 0 spiro atoms. The highest BCUT2D eigenvalue weighted by Gasteiger charge is 2.30. The van der Waals surface area contributed by atoms with E-state index in [0.29, 0.717) is 25.7 Å². The first-order chi connectivity index (χ1) is 39.9. The van der Waals surface area contributed by atoms with Crippen LogP contribution in [0.3, 0.4) is 0 Å². The van der Waals surface area contributed by atoms with Crippen molar-refractivity contribution >= 4 is 39.5 Å². The predicted molar refractivity (Wildman–Crippen MR) is 331 cm³/mol. The number of esters is 4. The number of aliphatic hydroxyl groups excluding tert-OH is 1. The van der Waals surface area contributed by atoms with E-state index < -0.39 is 97.5 Å². The lowest BCUT2D eigenvalue weighted by atomic mass is 10.00. The summed E-state index contributed by atoms with van der Waals surface area (Å²) < 4.78 is 67.8. The molecule has 0 radical (unpaired) electrons. The van der Waals surface area contributed by atoms with E-state index in [0.717, 1.165) is 134 Å². The normalized spacial score (nSPS) is 14.8. The van der Waals surface area contributed by atoms with Crippen LogP contribution in [-0.4, -0.2) is 96.7 Å². The molecule has 3 N–H and O–H groups in total. The summed E-state index contributed by atoms with van der Waals surface area (Å²) in [6.45, 7) is 9.29. The van der Waals surface area contributed by atoms with Crippen molar-refractivity contribution in [1.82, 2.24) is 0 Å². The Bertz CT molecular complexity index is 1730. The van der Waals surface area contributed by atoms with E-state index in [1.807, 2.05) is 0 Å². The summed E-state index contributed by atoms with van der Waals surface area (Å²) in [6, 6.07) is 0. The van der Waals surface area contributed by atoms with Crippen LogP contribution in [-0.2, 0) is 65.4 Å². The van der Waals surface area contributed by atoms with E-state index in [9.17, 15) is 43.2 Å². The van der Waals surface area contributed by atoms with Crippen LogP contribution >= 0.6 is 15.6 Å². The first-order valence-electron chi connectivity index (χ1n) is 32.8. The summed E-state index contributed by atoms with van der Waals surface area (Å²) in [5.74, 6) is -0.730. The summed E-state index contributed by atoms with van der Waals surface area (Å²) in [4.78, 5) is 72.1. The van der Waals surface area contributed by atoms with Crippen molar-refractivity contribution < 1.29 is 80.2 Å². The van der Waals surface area contributed by atoms with Gasteiger partial charge >= 0.3 is 39.5 Å². The van der Waals surface area contributed by atoms with Gasteiger partial charge in [-0.2, -0.15) is 0 Å². The van der Waals surface area contributed by atoms with Gasteiger partial charge in [-0.25, -0.2) is 9.13 Å². The molecule has 0 aromatic carbocycles. The quantitative estimate of drug-likeness (QED) is 0.0169. The van der Waals surface area contributed by atoms with E-state index in [4.69, 9.17) is 37.0 Å². The smallest absolute Gasteiger partial charge is 0.462 e. The fourth-order valence-corrected chi connectivity index (χ4v) is 10.5. The molecule has 0 rings (SSSR count). The number of aliphatic hydroxyl groups is 1. The lowest BCUT2D eigenvalue weighted by molar-refractivity contribution is -0.161. The second kappa shape index (κ2) is 56.1. The summed E-state index contributed by atoms with van der Waals surface area (Å²) in [6.07, 6.45) is 41.4. The SMILES string of the molecule is CCCCCC/C=C\C=C/CCCCCCCC(=O)O[C@H](COC(=O)CCCCCCCCCCC(C)C)COP(=O)(O)OC[C@@H](O)COP(=O)(O)OC[C@@H](COC(=O)CCCCCCCCC)OC(=O)CCCCCCCCC(C)CC. The highest BCUT2D eigenvalue weighted by Crippen LogP contribution is 2.45. The number of phosphoric ester groups is 2. The molecule has 0 aliphatic rings. The molecule has 0 saturated carbocycles. The van der Waals surface area contributed by atoms with Gasteiger partial charge in [-0.15, -0.1) is 0 Å². The third kappa shape index (κ3) is 57.1. The van der Waals surface area contributed by atoms with E-state index >= 15 is 0 Å². The van der Waals surface area contributed by atoms with Crippen LogP contribution < -0.4 is 0 Å². The first-order valence-corrected chi connectivity index (χ1v) is 35.8. The highest BCUT2D eigenvalue weighted by atomic mass is 31.2. The second-order valence-electron chi connectivity index (χ2n) is 23.2. The van der Waals surface area contributed by atoms with E-state index in [-0.39, 0.29) is 25.7 Å². The molecule has 0 bridgehead atoms. The highest BCUT2D eigenvalue weighted by molar-refractivity contribution is 7.47. The molecule has 0 amide bonds. The zero-order valence-corrected chi connectivity index (χ0v) is 54.8. The summed E-state index contributed by atoms with van der Waals surface area (Å²) in [5, 5.41) is 10.5. The summed E-state index contributed by atoms with van der Waals surface area (Å²) >= 11 is 0. The fraction of sp³-hybridized carbons (Fsp3) is 0.875. The van der Waals surface area contributed by atoms with E-state index in [1.165, 1.54) is 77.0 Å². The van der Waals surface area contributed by atoms with Crippen molar-refractivity contribution in [2.45, 2.75) is 310 Å². The van der Waals surface area contributed by atoms with Crippen LogP contribution in [0.5, 0.6) is 0 Å². The molecule has 19 heteroatoms. The minimum Gasteiger partial charge on any atom is -0.462 e. The van der Waals surface area contributed by atoms with Gasteiger partial charge in [0, 0.05) is 25.7 Å². The Morgan fingerprint density at radius 1 is 0.398 bits per heavy atom. The molecule has 3 unspecified atom stereocenters. The minimum absolute atomic E-state index is 0.0840. The number of rotatable bonds is 61. The zero-order chi connectivity index (χ0) is 61.5.